The van der Waals surface area contributed by atoms with Crippen LogP contribution in [-0.4, -0.2) is 54.6 Å². The molecule has 2 heterocycles. The van der Waals surface area contributed by atoms with Gasteiger partial charge >= 0.3 is 0 Å². The van der Waals surface area contributed by atoms with Gasteiger partial charge in [0.2, 0.25) is 5.91 Å². The number of carbonyl (C=O) groups is 2. The number of ether oxygens (including phenoxy) is 1. The van der Waals surface area contributed by atoms with Crippen molar-refractivity contribution >= 4 is 24.2 Å². The molecule has 0 aromatic carbocycles. The number of likely N-dealkylation sites (tertiary alicyclic amines) is 1. The third kappa shape index (κ3) is 5.11. The lowest BCUT2D eigenvalue weighted by Gasteiger charge is -2.34. The van der Waals surface area contributed by atoms with Crippen LogP contribution in [0.5, 0.6) is 0 Å². The highest BCUT2D eigenvalue weighted by Crippen LogP contribution is 2.22. The first-order valence-corrected chi connectivity index (χ1v) is 8.07. The Morgan fingerprint density at radius 1 is 1.32 bits per heavy atom. The van der Waals surface area contributed by atoms with E-state index >= 15 is 0 Å². The summed E-state index contributed by atoms with van der Waals surface area (Å²) in [4.78, 5) is 26.0. The van der Waals surface area contributed by atoms with Gasteiger partial charge in [-0.05, 0) is 32.1 Å². The molecule has 3 atom stereocenters. The number of nitrogens with two attached hydrogens (primary N) is 1. The van der Waals surface area contributed by atoms with E-state index in [1.807, 2.05) is 11.8 Å². The van der Waals surface area contributed by atoms with Crippen LogP contribution in [0, 0.1) is 0 Å². The normalized spacial score (nSPS) is 28.1. The molecule has 0 bridgehead atoms. The third-order valence-corrected chi connectivity index (χ3v) is 4.22. The lowest BCUT2D eigenvalue weighted by molar-refractivity contribution is -0.144. The summed E-state index contributed by atoms with van der Waals surface area (Å²) in [5.41, 5.74) is 5.58. The van der Waals surface area contributed by atoms with E-state index in [1.54, 1.807) is 0 Å². The van der Waals surface area contributed by atoms with Crippen molar-refractivity contribution in [2.75, 3.05) is 19.6 Å². The van der Waals surface area contributed by atoms with Crippen LogP contribution in [0.2, 0.25) is 0 Å². The van der Waals surface area contributed by atoms with Gasteiger partial charge in [0.15, 0.2) is 0 Å². The highest BCUT2D eigenvalue weighted by atomic mass is 35.5. The zero-order valence-electron chi connectivity index (χ0n) is 13.3. The number of nitrogens with zero attached hydrogens (tertiary/aromatic N) is 1. The fourth-order valence-electron chi connectivity index (χ4n) is 3.09. The second-order valence-corrected chi connectivity index (χ2v) is 6.00. The molecule has 0 aliphatic carbocycles. The van der Waals surface area contributed by atoms with Crippen LogP contribution in [0.15, 0.2) is 0 Å². The summed E-state index contributed by atoms with van der Waals surface area (Å²) in [6.45, 7) is 3.81. The Kier molecular flexibility index (Phi) is 8.14. The van der Waals surface area contributed by atoms with Crippen LogP contribution >= 0.6 is 12.4 Å². The molecule has 2 fully saturated rings. The number of hydrogen-bond acceptors (Lipinski definition) is 4. The van der Waals surface area contributed by atoms with Crippen molar-refractivity contribution in [3.8, 4) is 0 Å². The largest absolute Gasteiger partial charge is 0.364 e. The monoisotopic (exact) mass is 333 g/mol. The Morgan fingerprint density at radius 2 is 2.09 bits per heavy atom. The second kappa shape index (κ2) is 9.33. The first-order valence-electron chi connectivity index (χ1n) is 8.07. The molecule has 0 aromatic rings. The van der Waals surface area contributed by atoms with Crippen molar-refractivity contribution in [1.29, 1.82) is 0 Å². The molecule has 0 saturated carbocycles. The Labute approximate surface area is 138 Å². The summed E-state index contributed by atoms with van der Waals surface area (Å²) in [5, 5.41) is 3.02. The Hall–Kier alpha value is -0.850. The predicted molar refractivity (Wildman–Crippen MR) is 86.9 cm³/mol. The van der Waals surface area contributed by atoms with Crippen LogP contribution in [-0.2, 0) is 14.3 Å². The van der Waals surface area contributed by atoms with E-state index in [2.05, 4.69) is 5.32 Å². The molecule has 2 amide bonds. The molecule has 2 aliphatic rings. The fourth-order valence-corrected chi connectivity index (χ4v) is 3.09. The number of amides is 2. The molecule has 2 rings (SSSR count). The van der Waals surface area contributed by atoms with Crippen LogP contribution in [0.4, 0.5) is 0 Å². The van der Waals surface area contributed by atoms with Gasteiger partial charge in [-0.2, -0.15) is 0 Å². The van der Waals surface area contributed by atoms with Gasteiger partial charge in [-0.3, -0.25) is 9.59 Å². The van der Waals surface area contributed by atoms with Gasteiger partial charge in [0.25, 0.3) is 5.91 Å². The molecular formula is C15H28ClN3O3. The van der Waals surface area contributed by atoms with Crippen LogP contribution in [0.3, 0.4) is 0 Å². The summed E-state index contributed by atoms with van der Waals surface area (Å²) in [5.74, 6) is 0.137. The highest BCUT2D eigenvalue weighted by molar-refractivity contribution is 5.85. The third-order valence-electron chi connectivity index (χ3n) is 4.22. The fraction of sp³-hybridized carbons (Fsp3) is 0.867. The maximum Gasteiger partial charge on any atom is 0.251 e. The lowest BCUT2D eigenvalue weighted by Crippen LogP contribution is -2.52. The zero-order chi connectivity index (χ0) is 15.2. The van der Waals surface area contributed by atoms with E-state index in [-0.39, 0.29) is 42.5 Å². The maximum absolute atomic E-state index is 12.5. The number of nitrogens with one attached hydrogen (secondary N) is 1. The summed E-state index contributed by atoms with van der Waals surface area (Å²) in [6.07, 6.45) is 4.55. The minimum Gasteiger partial charge on any atom is -0.364 e. The van der Waals surface area contributed by atoms with E-state index in [9.17, 15) is 9.59 Å². The first-order chi connectivity index (χ1) is 10.1. The van der Waals surface area contributed by atoms with Crippen LogP contribution in [0.25, 0.3) is 0 Å². The molecular weight excluding hydrogens is 306 g/mol. The maximum atomic E-state index is 12.5. The van der Waals surface area contributed by atoms with E-state index in [1.165, 1.54) is 0 Å². The van der Waals surface area contributed by atoms with Gasteiger partial charge < -0.3 is 20.7 Å². The van der Waals surface area contributed by atoms with E-state index in [4.69, 9.17) is 10.5 Å². The standard InChI is InChI=1S/C15H27N3O3.ClH/c1-2-4-14(19)17-11-5-3-8-18(10-11)15(20)13-7-6-12(9-16)21-13;/h11-13H,2-10,16H2,1H3,(H,17,19);1H/t11?,12-,13+;/m1./s1. The van der Waals surface area contributed by atoms with Crippen molar-refractivity contribution in [2.45, 2.75) is 63.7 Å². The van der Waals surface area contributed by atoms with E-state index in [0.717, 1.165) is 38.6 Å². The molecule has 128 valence electrons. The quantitative estimate of drug-likeness (QED) is 0.780. The second-order valence-electron chi connectivity index (χ2n) is 6.00. The Bertz CT molecular complexity index is 381. The topological polar surface area (TPSA) is 84.7 Å². The summed E-state index contributed by atoms with van der Waals surface area (Å²) in [7, 11) is 0. The number of hydrogen-bond donors (Lipinski definition) is 2. The molecule has 7 heteroatoms. The van der Waals surface area contributed by atoms with Gasteiger partial charge in [0.05, 0.1) is 6.10 Å². The number of carbonyl (C=O) groups excluding carboxylic acids is 2. The van der Waals surface area contributed by atoms with E-state index < -0.39 is 0 Å². The average molecular weight is 334 g/mol. The lowest BCUT2D eigenvalue weighted by atomic mass is 10.0. The predicted octanol–water partition coefficient (Wildman–Crippen LogP) is 0.822. The molecule has 2 saturated heterocycles. The molecule has 6 nitrogen and oxygen atoms in total. The number of halogens is 1. The zero-order valence-corrected chi connectivity index (χ0v) is 14.1. The van der Waals surface area contributed by atoms with Crippen molar-refractivity contribution in [3.63, 3.8) is 0 Å². The molecule has 22 heavy (non-hydrogen) atoms. The van der Waals surface area contributed by atoms with Crippen molar-refractivity contribution in [3.05, 3.63) is 0 Å². The Balaban J connectivity index is 0.00000242. The van der Waals surface area contributed by atoms with Crippen molar-refractivity contribution < 1.29 is 14.3 Å². The van der Waals surface area contributed by atoms with Crippen molar-refractivity contribution in [1.82, 2.24) is 10.2 Å². The minimum atomic E-state index is -0.344. The van der Waals surface area contributed by atoms with Crippen LogP contribution in [0.1, 0.15) is 45.4 Å². The molecule has 0 aromatic heterocycles. The highest BCUT2D eigenvalue weighted by Gasteiger charge is 2.34. The van der Waals surface area contributed by atoms with Gasteiger partial charge in [0, 0.05) is 32.1 Å². The average Bonchev–Trinajstić information content (AvgIpc) is 2.96. The van der Waals surface area contributed by atoms with Crippen molar-refractivity contribution in [2.24, 2.45) is 5.73 Å². The summed E-state index contributed by atoms with van der Waals surface area (Å²) in [6, 6.07) is 0.0773. The van der Waals surface area contributed by atoms with Gasteiger partial charge in [0.1, 0.15) is 6.10 Å². The summed E-state index contributed by atoms with van der Waals surface area (Å²) < 4.78 is 5.68. The Morgan fingerprint density at radius 3 is 2.73 bits per heavy atom. The molecule has 3 N–H and O–H groups in total. The number of rotatable bonds is 5. The first kappa shape index (κ1) is 19.2. The number of piperidine rings is 1. The molecule has 2 aliphatic heterocycles. The molecule has 0 spiro atoms. The van der Waals surface area contributed by atoms with E-state index in [0.29, 0.717) is 19.5 Å². The van der Waals surface area contributed by atoms with Gasteiger partial charge in [-0.1, -0.05) is 6.92 Å². The SMILES string of the molecule is CCCC(=O)NC1CCCN(C(=O)[C@@H]2CC[C@H](CN)O2)C1.Cl. The summed E-state index contributed by atoms with van der Waals surface area (Å²) >= 11 is 0. The van der Waals surface area contributed by atoms with Crippen LogP contribution < -0.4 is 11.1 Å². The smallest absolute Gasteiger partial charge is 0.251 e. The van der Waals surface area contributed by atoms with Gasteiger partial charge in [-0.25, -0.2) is 0 Å². The molecule has 1 unspecified atom stereocenters. The van der Waals surface area contributed by atoms with Gasteiger partial charge in [-0.15, -0.1) is 12.4 Å². The minimum absolute atomic E-state index is 0. The molecule has 0 radical (unpaired) electrons.